The van der Waals surface area contributed by atoms with Gasteiger partial charge in [-0.3, -0.25) is 14.4 Å². The van der Waals surface area contributed by atoms with Crippen LogP contribution in [-0.2, 0) is 9.59 Å². The molecule has 1 aliphatic rings. The van der Waals surface area contributed by atoms with Gasteiger partial charge in [0.15, 0.2) is 6.61 Å². The van der Waals surface area contributed by atoms with Crippen molar-refractivity contribution < 1.29 is 19.1 Å². The summed E-state index contributed by atoms with van der Waals surface area (Å²) in [6.45, 7) is 0.0567. The Morgan fingerprint density at radius 3 is 2.63 bits per heavy atom. The predicted octanol–water partition coefficient (Wildman–Crippen LogP) is 3.08. The van der Waals surface area contributed by atoms with Crippen molar-refractivity contribution in [1.29, 1.82) is 0 Å². The van der Waals surface area contributed by atoms with Gasteiger partial charge in [0.2, 0.25) is 5.91 Å². The number of anilines is 2. The lowest BCUT2D eigenvalue weighted by atomic mass is 10.2. The van der Waals surface area contributed by atoms with Crippen LogP contribution in [0, 0.1) is 0 Å². The molecule has 9 heteroatoms. The first kappa shape index (κ1) is 19.0. The molecule has 3 N–H and O–H groups in total. The second kappa shape index (κ2) is 8.28. The highest BCUT2D eigenvalue weighted by Crippen LogP contribution is 2.36. The number of hydrogen-bond acceptors (Lipinski definition) is 4. The minimum atomic E-state index is -0.326. The molecule has 2 aromatic carbocycles. The minimum absolute atomic E-state index is 0.0599. The monoisotopic (exact) mass is 407 g/mol. The Morgan fingerprint density at radius 2 is 1.89 bits per heavy atom. The summed E-state index contributed by atoms with van der Waals surface area (Å²) in [6, 6.07) is 9.48. The summed E-state index contributed by atoms with van der Waals surface area (Å²) >= 11 is 11.9. The lowest BCUT2D eigenvalue weighted by molar-refractivity contribution is -0.118. The van der Waals surface area contributed by atoms with Gasteiger partial charge in [-0.25, -0.2) is 0 Å². The highest BCUT2D eigenvalue weighted by molar-refractivity contribution is 6.34. The SMILES string of the molecule is O=C(CCNC(=O)c1ccc(Cl)cc1)Nc1cc2c(cc1Cl)NC(=O)CO2. The Labute approximate surface area is 165 Å². The van der Waals surface area contributed by atoms with E-state index in [0.717, 1.165) is 0 Å². The van der Waals surface area contributed by atoms with Crippen molar-refractivity contribution in [2.75, 3.05) is 23.8 Å². The van der Waals surface area contributed by atoms with Gasteiger partial charge in [-0.05, 0) is 30.3 Å². The molecule has 0 spiro atoms. The van der Waals surface area contributed by atoms with Gasteiger partial charge in [-0.1, -0.05) is 23.2 Å². The fourth-order valence-corrected chi connectivity index (χ4v) is 2.74. The quantitative estimate of drug-likeness (QED) is 0.709. The Hall–Kier alpha value is -2.77. The first-order chi connectivity index (χ1) is 12.9. The Kier molecular flexibility index (Phi) is 5.83. The van der Waals surface area contributed by atoms with E-state index < -0.39 is 0 Å². The van der Waals surface area contributed by atoms with Gasteiger partial charge in [-0.2, -0.15) is 0 Å². The maximum atomic E-state index is 12.1. The number of fused-ring (bicyclic) bond motifs is 1. The van der Waals surface area contributed by atoms with E-state index in [1.807, 2.05) is 0 Å². The average Bonchev–Trinajstić information content (AvgIpc) is 2.63. The molecule has 0 atom stereocenters. The van der Waals surface area contributed by atoms with E-state index >= 15 is 0 Å². The van der Waals surface area contributed by atoms with Crippen LogP contribution in [0.3, 0.4) is 0 Å². The molecule has 0 aromatic heterocycles. The Balaban J connectivity index is 1.53. The van der Waals surface area contributed by atoms with Crippen LogP contribution < -0.4 is 20.7 Å². The van der Waals surface area contributed by atoms with Gasteiger partial charge in [0.25, 0.3) is 11.8 Å². The summed E-state index contributed by atoms with van der Waals surface area (Å²) < 4.78 is 5.29. The number of benzene rings is 2. The van der Waals surface area contributed by atoms with Crippen LogP contribution in [0.4, 0.5) is 11.4 Å². The normalized spacial score (nSPS) is 12.4. The molecule has 0 radical (unpaired) electrons. The van der Waals surface area contributed by atoms with Crippen molar-refractivity contribution in [3.05, 3.63) is 52.0 Å². The molecule has 1 aliphatic heterocycles. The summed E-state index contributed by atoms with van der Waals surface area (Å²) in [7, 11) is 0. The molecule has 2 aromatic rings. The zero-order chi connectivity index (χ0) is 19.4. The molecule has 3 amide bonds. The topological polar surface area (TPSA) is 96.5 Å². The molecule has 7 nitrogen and oxygen atoms in total. The maximum absolute atomic E-state index is 12.1. The molecular formula is C18H15Cl2N3O4. The molecule has 0 fully saturated rings. The fourth-order valence-electron chi connectivity index (χ4n) is 2.40. The Morgan fingerprint density at radius 1 is 1.15 bits per heavy atom. The molecule has 140 valence electrons. The van der Waals surface area contributed by atoms with Crippen molar-refractivity contribution in [1.82, 2.24) is 5.32 Å². The van der Waals surface area contributed by atoms with Gasteiger partial charge in [-0.15, -0.1) is 0 Å². The predicted molar refractivity (Wildman–Crippen MR) is 103 cm³/mol. The van der Waals surface area contributed by atoms with E-state index in [4.69, 9.17) is 27.9 Å². The highest BCUT2D eigenvalue weighted by Gasteiger charge is 2.19. The van der Waals surface area contributed by atoms with Crippen molar-refractivity contribution in [2.45, 2.75) is 6.42 Å². The fraction of sp³-hybridized carbons (Fsp3) is 0.167. The van der Waals surface area contributed by atoms with Crippen molar-refractivity contribution in [3.63, 3.8) is 0 Å². The van der Waals surface area contributed by atoms with Crippen LogP contribution in [0.2, 0.25) is 10.0 Å². The molecule has 0 unspecified atom stereocenters. The molecule has 1 heterocycles. The van der Waals surface area contributed by atoms with Crippen LogP contribution in [0.1, 0.15) is 16.8 Å². The average molecular weight is 408 g/mol. The van der Waals surface area contributed by atoms with E-state index in [1.54, 1.807) is 30.3 Å². The highest BCUT2D eigenvalue weighted by atomic mass is 35.5. The van der Waals surface area contributed by atoms with E-state index in [9.17, 15) is 14.4 Å². The van der Waals surface area contributed by atoms with E-state index in [0.29, 0.717) is 27.7 Å². The van der Waals surface area contributed by atoms with Gasteiger partial charge >= 0.3 is 0 Å². The summed E-state index contributed by atoms with van der Waals surface area (Å²) in [5, 5.41) is 8.75. The second-order valence-electron chi connectivity index (χ2n) is 5.73. The number of hydrogen-bond donors (Lipinski definition) is 3. The van der Waals surface area contributed by atoms with E-state index in [1.165, 1.54) is 6.07 Å². The zero-order valence-corrected chi connectivity index (χ0v) is 15.5. The van der Waals surface area contributed by atoms with E-state index in [2.05, 4.69) is 16.0 Å². The molecule has 0 saturated carbocycles. The van der Waals surface area contributed by atoms with Crippen molar-refractivity contribution >= 4 is 52.3 Å². The first-order valence-electron chi connectivity index (χ1n) is 8.02. The number of carbonyl (C=O) groups is 3. The van der Waals surface area contributed by atoms with Gasteiger partial charge in [0.1, 0.15) is 5.75 Å². The van der Waals surface area contributed by atoms with Crippen molar-refractivity contribution in [3.8, 4) is 5.75 Å². The second-order valence-corrected chi connectivity index (χ2v) is 6.57. The number of rotatable bonds is 5. The van der Waals surface area contributed by atoms with Crippen molar-refractivity contribution in [2.24, 2.45) is 0 Å². The molecule has 0 bridgehead atoms. The van der Waals surface area contributed by atoms with Gasteiger partial charge in [0, 0.05) is 29.6 Å². The summed E-state index contributed by atoms with van der Waals surface area (Å²) in [5.74, 6) is -0.472. The van der Waals surface area contributed by atoms with E-state index in [-0.39, 0.29) is 42.3 Å². The lowest BCUT2D eigenvalue weighted by Crippen LogP contribution is -2.28. The molecule has 0 aliphatic carbocycles. The third-order valence-electron chi connectivity index (χ3n) is 3.72. The smallest absolute Gasteiger partial charge is 0.262 e. The zero-order valence-electron chi connectivity index (χ0n) is 14.0. The molecule has 27 heavy (non-hydrogen) atoms. The summed E-state index contributed by atoms with van der Waals surface area (Å²) in [6.07, 6.45) is 0.0599. The molecule has 3 rings (SSSR count). The number of halogens is 2. The minimum Gasteiger partial charge on any atom is -0.482 e. The standard InChI is InChI=1S/C18H15Cl2N3O4/c19-11-3-1-10(2-4-11)18(26)21-6-5-16(24)22-13-8-15-14(7-12(13)20)23-17(25)9-27-15/h1-4,7-8H,5-6,9H2,(H,21,26)(H,22,24)(H,23,25). The third-order valence-corrected chi connectivity index (χ3v) is 4.28. The molecule has 0 saturated heterocycles. The van der Waals surface area contributed by atoms with Gasteiger partial charge in [0.05, 0.1) is 16.4 Å². The number of amides is 3. The maximum Gasteiger partial charge on any atom is 0.262 e. The summed E-state index contributed by atoms with van der Waals surface area (Å²) in [5.41, 5.74) is 1.27. The van der Waals surface area contributed by atoms with Crippen LogP contribution in [0.15, 0.2) is 36.4 Å². The largest absolute Gasteiger partial charge is 0.482 e. The Bertz CT molecular complexity index is 900. The number of carbonyl (C=O) groups excluding carboxylic acids is 3. The van der Waals surface area contributed by atoms with Gasteiger partial charge < -0.3 is 20.7 Å². The summed E-state index contributed by atoms with van der Waals surface area (Å²) in [4.78, 5) is 35.4. The van der Waals surface area contributed by atoms with Crippen LogP contribution >= 0.6 is 23.2 Å². The lowest BCUT2D eigenvalue weighted by Gasteiger charge is -2.19. The third kappa shape index (κ3) is 4.90. The van der Waals surface area contributed by atoms with Crippen LogP contribution in [0.25, 0.3) is 0 Å². The van der Waals surface area contributed by atoms with Crippen LogP contribution in [-0.4, -0.2) is 30.9 Å². The number of ether oxygens (including phenoxy) is 1. The number of nitrogens with one attached hydrogen (secondary N) is 3. The van der Waals surface area contributed by atoms with Crippen LogP contribution in [0.5, 0.6) is 5.75 Å². The molecular weight excluding hydrogens is 393 g/mol. The first-order valence-corrected chi connectivity index (χ1v) is 8.78.